The van der Waals surface area contributed by atoms with Crippen molar-refractivity contribution in [1.29, 1.82) is 0 Å². The largest absolute Gasteiger partial charge is 0.573 e. The first-order chi connectivity index (χ1) is 9.84. The number of hydrogen-bond donors (Lipinski definition) is 1. The Morgan fingerprint density at radius 2 is 1.71 bits per heavy atom. The van der Waals surface area contributed by atoms with E-state index in [1.54, 1.807) is 12.1 Å². The third-order valence-corrected chi connectivity index (χ3v) is 3.37. The Balaban J connectivity index is 2.44. The molecule has 120 valence electrons. The van der Waals surface area contributed by atoms with Crippen molar-refractivity contribution in [3.63, 3.8) is 0 Å². The predicted octanol–water partition coefficient (Wildman–Crippen LogP) is 3.19. The summed E-state index contributed by atoms with van der Waals surface area (Å²) in [6.07, 6.45) is -3.14. The van der Waals surface area contributed by atoms with E-state index in [2.05, 4.69) is 23.5 Å². The first-order valence-electron chi connectivity index (χ1n) is 7.16. The molecule has 3 nitrogen and oxygen atoms in total. The van der Waals surface area contributed by atoms with Gasteiger partial charge in [-0.3, -0.25) is 0 Å². The van der Waals surface area contributed by atoms with Crippen molar-refractivity contribution in [3.8, 4) is 5.75 Å². The summed E-state index contributed by atoms with van der Waals surface area (Å²) in [7, 11) is 0. The number of rotatable bonds is 8. The molecular formula is C15H23F3N2O. The fourth-order valence-electron chi connectivity index (χ4n) is 2.12. The molecule has 2 N–H and O–H groups in total. The number of halogens is 3. The third-order valence-electron chi connectivity index (χ3n) is 3.37. The van der Waals surface area contributed by atoms with Gasteiger partial charge in [0.2, 0.25) is 0 Å². The Kier molecular flexibility index (Phi) is 6.98. The Bertz CT molecular complexity index is 402. The van der Waals surface area contributed by atoms with Gasteiger partial charge in [0.15, 0.2) is 0 Å². The molecule has 0 saturated carbocycles. The van der Waals surface area contributed by atoms with Crippen molar-refractivity contribution in [1.82, 2.24) is 4.90 Å². The summed E-state index contributed by atoms with van der Waals surface area (Å²) < 4.78 is 40.0. The van der Waals surface area contributed by atoms with Gasteiger partial charge < -0.3 is 15.4 Å². The summed E-state index contributed by atoms with van der Waals surface area (Å²) in [5.74, 6) is -0.206. The van der Waals surface area contributed by atoms with E-state index in [-0.39, 0.29) is 11.8 Å². The Labute approximate surface area is 123 Å². The number of benzene rings is 1. The lowest BCUT2D eigenvalue weighted by Gasteiger charge is -2.20. The second kappa shape index (κ2) is 8.24. The predicted molar refractivity (Wildman–Crippen MR) is 77.2 cm³/mol. The first kappa shape index (κ1) is 17.8. The standard InChI is InChI=1S/C15H23F3N2O/c1-3-20(4-2)10-9-13(19)11-12-5-7-14(8-6-12)21-15(16,17)18/h5-8,13H,3-4,9-11,19H2,1-2H3. The topological polar surface area (TPSA) is 38.5 Å². The van der Waals surface area contributed by atoms with Crippen LogP contribution in [0.2, 0.25) is 0 Å². The zero-order valence-corrected chi connectivity index (χ0v) is 12.5. The highest BCUT2D eigenvalue weighted by Crippen LogP contribution is 2.23. The summed E-state index contributed by atoms with van der Waals surface area (Å²) in [5.41, 5.74) is 6.98. The zero-order valence-electron chi connectivity index (χ0n) is 12.5. The van der Waals surface area contributed by atoms with Gasteiger partial charge in [-0.15, -0.1) is 13.2 Å². The molecule has 0 spiro atoms. The van der Waals surface area contributed by atoms with Gasteiger partial charge in [0.05, 0.1) is 0 Å². The molecule has 1 unspecified atom stereocenters. The number of alkyl halides is 3. The molecule has 1 aromatic rings. The highest BCUT2D eigenvalue weighted by Gasteiger charge is 2.30. The van der Waals surface area contributed by atoms with E-state index in [1.165, 1.54) is 12.1 Å². The van der Waals surface area contributed by atoms with Gasteiger partial charge in [0.1, 0.15) is 5.75 Å². The van der Waals surface area contributed by atoms with Gasteiger partial charge in [-0.1, -0.05) is 26.0 Å². The van der Waals surface area contributed by atoms with Crippen LogP contribution in [-0.4, -0.2) is 36.9 Å². The van der Waals surface area contributed by atoms with Crippen LogP contribution in [0.5, 0.6) is 5.75 Å². The molecule has 1 rings (SSSR count). The van der Waals surface area contributed by atoms with Crippen molar-refractivity contribution in [3.05, 3.63) is 29.8 Å². The van der Waals surface area contributed by atoms with Crippen molar-refractivity contribution < 1.29 is 17.9 Å². The van der Waals surface area contributed by atoms with Gasteiger partial charge in [0.25, 0.3) is 0 Å². The van der Waals surface area contributed by atoms with E-state index >= 15 is 0 Å². The van der Waals surface area contributed by atoms with E-state index < -0.39 is 6.36 Å². The second-order valence-electron chi connectivity index (χ2n) is 4.97. The summed E-state index contributed by atoms with van der Waals surface area (Å²) in [5, 5.41) is 0. The van der Waals surface area contributed by atoms with Crippen molar-refractivity contribution in [2.75, 3.05) is 19.6 Å². The van der Waals surface area contributed by atoms with E-state index in [1.807, 2.05) is 0 Å². The van der Waals surface area contributed by atoms with Crippen LogP contribution >= 0.6 is 0 Å². The van der Waals surface area contributed by atoms with Crippen LogP contribution in [0.4, 0.5) is 13.2 Å². The van der Waals surface area contributed by atoms with Crippen LogP contribution in [0.25, 0.3) is 0 Å². The van der Waals surface area contributed by atoms with Gasteiger partial charge in [-0.05, 0) is 50.2 Å². The van der Waals surface area contributed by atoms with E-state index in [9.17, 15) is 13.2 Å². The molecule has 0 aromatic heterocycles. The lowest BCUT2D eigenvalue weighted by atomic mass is 10.0. The van der Waals surface area contributed by atoms with Crippen LogP contribution in [0.1, 0.15) is 25.8 Å². The lowest BCUT2D eigenvalue weighted by Crippen LogP contribution is -2.31. The minimum atomic E-state index is -4.65. The van der Waals surface area contributed by atoms with E-state index in [4.69, 9.17) is 5.73 Å². The molecule has 0 amide bonds. The molecule has 0 aliphatic rings. The quantitative estimate of drug-likeness (QED) is 0.801. The maximum atomic E-state index is 12.0. The van der Waals surface area contributed by atoms with Crippen LogP contribution in [0.3, 0.4) is 0 Å². The van der Waals surface area contributed by atoms with Crippen LogP contribution < -0.4 is 10.5 Å². The molecule has 0 heterocycles. The van der Waals surface area contributed by atoms with E-state index in [0.717, 1.165) is 31.6 Å². The van der Waals surface area contributed by atoms with Gasteiger partial charge in [0, 0.05) is 6.04 Å². The van der Waals surface area contributed by atoms with Gasteiger partial charge >= 0.3 is 6.36 Å². The fraction of sp³-hybridized carbons (Fsp3) is 0.600. The molecule has 6 heteroatoms. The first-order valence-corrected chi connectivity index (χ1v) is 7.16. The summed E-state index contributed by atoms with van der Waals surface area (Å²) in [6.45, 7) is 7.13. The average Bonchev–Trinajstić information content (AvgIpc) is 2.40. The molecule has 0 fully saturated rings. The Morgan fingerprint density at radius 3 is 2.19 bits per heavy atom. The molecular weight excluding hydrogens is 281 g/mol. The summed E-state index contributed by atoms with van der Waals surface area (Å²) >= 11 is 0. The molecule has 21 heavy (non-hydrogen) atoms. The molecule has 1 aromatic carbocycles. The number of nitrogens with zero attached hydrogens (tertiary/aromatic N) is 1. The van der Waals surface area contributed by atoms with Crippen LogP contribution in [-0.2, 0) is 6.42 Å². The number of nitrogens with two attached hydrogens (primary N) is 1. The maximum Gasteiger partial charge on any atom is 0.573 e. The molecule has 0 saturated heterocycles. The Morgan fingerprint density at radius 1 is 1.14 bits per heavy atom. The molecule has 1 atom stereocenters. The third kappa shape index (κ3) is 7.34. The number of hydrogen-bond acceptors (Lipinski definition) is 3. The average molecular weight is 304 g/mol. The summed E-state index contributed by atoms with van der Waals surface area (Å²) in [4.78, 5) is 2.29. The molecule has 0 aliphatic heterocycles. The molecule has 0 radical (unpaired) electrons. The zero-order chi connectivity index (χ0) is 15.9. The maximum absolute atomic E-state index is 12.0. The van der Waals surface area contributed by atoms with Crippen molar-refractivity contribution >= 4 is 0 Å². The van der Waals surface area contributed by atoms with Crippen LogP contribution in [0.15, 0.2) is 24.3 Å². The van der Waals surface area contributed by atoms with Crippen molar-refractivity contribution in [2.45, 2.75) is 39.1 Å². The second-order valence-corrected chi connectivity index (χ2v) is 4.97. The lowest BCUT2D eigenvalue weighted by molar-refractivity contribution is -0.274. The highest BCUT2D eigenvalue weighted by atomic mass is 19.4. The van der Waals surface area contributed by atoms with E-state index in [0.29, 0.717) is 6.42 Å². The minimum Gasteiger partial charge on any atom is -0.406 e. The van der Waals surface area contributed by atoms with Gasteiger partial charge in [-0.25, -0.2) is 0 Å². The molecule has 0 bridgehead atoms. The summed E-state index contributed by atoms with van der Waals surface area (Å²) in [6, 6.07) is 5.89. The van der Waals surface area contributed by atoms with Crippen molar-refractivity contribution in [2.24, 2.45) is 5.73 Å². The smallest absolute Gasteiger partial charge is 0.406 e. The van der Waals surface area contributed by atoms with Crippen LogP contribution in [0, 0.1) is 0 Å². The Hall–Kier alpha value is -1.27. The minimum absolute atomic E-state index is 0.0000144. The fourth-order valence-corrected chi connectivity index (χ4v) is 2.12. The number of ether oxygens (including phenoxy) is 1. The SMILES string of the molecule is CCN(CC)CCC(N)Cc1ccc(OC(F)(F)F)cc1. The highest BCUT2D eigenvalue weighted by molar-refractivity contribution is 5.27. The molecule has 0 aliphatic carbocycles. The van der Waals surface area contributed by atoms with Gasteiger partial charge in [-0.2, -0.15) is 0 Å². The monoisotopic (exact) mass is 304 g/mol. The normalized spacial score (nSPS) is 13.5.